The van der Waals surface area contributed by atoms with E-state index in [-0.39, 0.29) is 17.1 Å². The summed E-state index contributed by atoms with van der Waals surface area (Å²) in [5, 5.41) is 25.4. The van der Waals surface area contributed by atoms with Gasteiger partial charge in [-0.2, -0.15) is 5.10 Å². The van der Waals surface area contributed by atoms with Gasteiger partial charge in [-0.25, -0.2) is 5.10 Å². The highest BCUT2D eigenvalue weighted by Gasteiger charge is 2.23. The summed E-state index contributed by atoms with van der Waals surface area (Å²) in [6.45, 7) is 1.89. The second-order valence-corrected chi connectivity index (χ2v) is 7.71. The Balaban J connectivity index is 1.67. The number of aromatic hydroxyl groups is 1. The Hall–Kier alpha value is -4.85. The SMILES string of the molecule is Cc1cccc2c(N=NC(=O)c3c(-c4ccccc4)c(-c4ccccc4)n[nH]c3=O)c(O)[nH]c12. The first-order chi connectivity index (χ1) is 16.5. The Morgan fingerprint density at radius 2 is 1.59 bits per heavy atom. The van der Waals surface area contributed by atoms with Gasteiger partial charge in [0, 0.05) is 16.5 Å². The number of rotatable bonds is 4. The van der Waals surface area contributed by atoms with E-state index in [1.807, 2.05) is 67.6 Å². The second kappa shape index (κ2) is 8.59. The van der Waals surface area contributed by atoms with Crippen LogP contribution in [0.2, 0.25) is 0 Å². The lowest BCUT2D eigenvalue weighted by Crippen LogP contribution is -2.20. The topological polar surface area (TPSA) is 124 Å². The van der Waals surface area contributed by atoms with Crippen molar-refractivity contribution in [1.82, 2.24) is 15.2 Å². The summed E-state index contributed by atoms with van der Waals surface area (Å²) in [5.74, 6) is -1.06. The molecule has 0 fully saturated rings. The highest BCUT2D eigenvalue weighted by molar-refractivity contribution is 6.04. The molecule has 0 saturated carbocycles. The average Bonchev–Trinajstić information content (AvgIpc) is 3.19. The van der Waals surface area contributed by atoms with E-state index in [2.05, 4.69) is 25.4 Å². The third-order valence-electron chi connectivity index (χ3n) is 5.54. The molecule has 0 radical (unpaired) electrons. The van der Waals surface area contributed by atoms with Gasteiger partial charge in [-0.3, -0.25) is 9.59 Å². The van der Waals surface area contributed by atoms with Crippen LogP contribution in [0.15, 0.2) is 93.9 Å². The Labute approximate surface area is 193 Å². The molecule has 0 spiro atoms. The zero-order chi connectivity index (χ0) is 23.7. The first-order valence-electron chi connectivity index (χ1n) is 10.5. The molecule has 2 heterocycles. The number of hydrogen-bond donors (Lipinski definition) is 3. The number of carbonyl (C=O) groups is 1. The van der Waals surface area contributed by atoms with Gasteiger partial charge in [-0.15, -0.1) is 10.2 Å². The molecule has 0 unspecified atom stereocenters. The number of aryl methyl sites for hydroxylation is 1. The molecule has 34 heavy (non-hydrogen) atoms. The molecule has 2 aromatic heterocycles. The number of nitrogens with one attached hydrogen (secondary N) is 2. The molecule has 0 saturated heterocycles. The number of carbonyl (C=O) groups excluding carboxylic acids is 1. The van der Waals surface area contributed by atoms with Crippen LogP contribution in [0.1, 0.15) is 15.9 Å². The van der Waals surface area contributed by atoms with Crippen LogP contribution < -0.4 is 5.56 Å². The van der Waals surface area contributed by atoms with Crippen molar-refractivity contribution in [3.63, 3.8) is 0 Å². The fourth-order valence-electron chi connectivity index (χ4n) is 3.93. The fourth-order valence-corrected chi connectivity index (χ4v) is 3.93. The maximum absolute atomic E-state index is 13.3. The van der Waals surface area contributed by atoms with Crippen molar-refractivity contribution in [2.45, 2.75) is 6.92 Å². The van der Waals surface area contributed by atoms with Crippen LogP contribution in [-0.4, -0.2) is 26.2 Å². The normalized spacial score (nSPS) is 11.3. The van der Waals surface area contributed by atoms with Crippen LogP contribution >= 0.6 is 0 Å². The number of benzene rings is 3. The summed E-state index contributed by atoms with van der Waals surface area (Å²) in [6.07, 6.45) is 0. The summed E-state index contributed by atoms with van der Waals surface area (Å²) >= 11 is 0. The van der Waals surface area contributed by atoms with E-state index in [0.717, 1.165) is 11.1 Å². The third kappa shape index (κ3) is 3.67. The molecule has 3 N–H and O–H groups in total. The maximum Gasteiger partial charge on any atom is 0.301 e. The van der Waals surface area contributed by atoms with Gasteiger partial charge < -0.3 is 10.1 Å². The third-order valence-corrected chi connectivity index (χ3v) is 5.54. The molecule has 0 aliphatic carbocycles. The van der Waals surface area contributed by atoms with Crippen LogP contribution in [0.3, 0.4) is 0 Å². The Kier molecular flexibility index (Phi) is 5.31. The Bertz CT molecular complexity index is 1600. The second-order valence-electron chi connectivity index (χ2n) is 7.71. The van der Waals surface area contributed by atoms with Crippen LogP contribution in [0, 0.1) is 6.92 Å². The number of amides is 1. The zero-order valence-electron chi connectivity index (χ0n) is 18.1. The Morgan fingerprint density at radius 3 is 2.29 bits per heavy atom. The van der Waals surface area contributed by atoms with E-state index in [1.54, 1.807) is 18.2 Å². The first-order valence-corrected chi connectivity index (χ1v) is 10.5. The molecule has 1 amide bonds. The highest BCUT2D eigenvalue weighted by atomic mass is 16.3. The van der Waals surface area contributed by atoms with Crippen LogP contribution in [0.25, 0.3) is 33.3 Å². The smallest absolute Gasteiger partial charge is 0.301 e. The van der Waals surface area contributed by atoms with E-state index in [0.29, 0.717) is 27.7 Å². The van der Waals surface area contributed by atoms with Crippen LogP contribution in [-0.2, 0) is 0 Å². The number of azo groups is 1. The number of nitrogens with zero attached hydrogens (tertiary/aromatic N) is 3. The molecular formula is C26H19N5O3. The zero-order valence-corrected chi connectivity index (χ0v) is 18.1. The van der Waals surface area contributed by atoms with Crippen molar-refractivity contribution >= 4 is 22.5 Å². The largest absolute Gasteiger partial charge is 0.493 e. The lowest BCUT2D eigenvalue weighted by atomic mass is 9.95. The van der Waals surface area contributed by atoms with E-state index in [1.165, 1.54) is 0 Å². The molecule has 0 aliphatic heterocycles. The van der Waals surface area contributed by atoms with Gasteiger partial charge in [-0.1, -0.05) is 78.9 Å². The summed E-state index contributed by atoms with van der Waals surface area (Å²) in [4.78, 5) is 28.9. The van der Waals surface area contributed by atoms with E-state index in [4.69, 9.17) is 0 Å². The molecule has 0 atom stereocenters. The van der Waals surface area contributed by atoms with E-state index in [9.17, 15) is 14.7 Å². The van der Waals surface area contributed by atoms with Gasteiger partial charge >= 0.3 is 5.91 Å². The molecule has 8 heteroatoms. The van der Waals surface area contributed by atoms with Crippen molar-refractivity contribution in [2.24, 2.45) is 10.2 Å². The quantitative estimate of drug-likeness (QED) is 0.312. The molecular weight excluding hydrogens is 430 g/mol. The van der Waals surface area contributed by atoms with Gasteiger partial charge in [0.25, 0.3) is 5.56 Å². The predicted molar refractivity (Wildman–Crippen MR) is 129 cm³/mol. The first kappa shape index (κ1) is 21.0. The summed E-state index contributed by atoms with van der Waals surface area (Å²) in [6, 6.07) is 23.8. The van der Waals surface area contributed by atoms with Crippen LogP contribution in [0.5, 0.6) is 5.88 Å². The minimum Gasteiger partial charge on any atom is -0.493 e. The van der Waals surface area contributed by atoms with Crippen molar-refractivity contribution in [2.75, 3.05) is 0 Å². The number of para-hydroxylation sites is 1. The lowest BCUT2D eigenvalue weighted by Gasteiger charge is -2.11. The minimum atomic E-state index is -0.846. The lowest BCUT2D eigenvalue weighted by molar-refractivity contribution is 0.0994. The van der Waals surface area contributed by atoms with Gasteiger partial charge in [0.1, 0.15) is 5.56 Å². The fraction of sp³-hybridized carbons (Fsp3) is 0.0385. The number of H-pyrrole nitrogens is 2. The van der Waals surface area contributed by atoms with Gasteiger partial charge in [-0.05, 0) is 18.1 Å². The summed E-state index contributed by atoms with van der Waals surface area (Å²) in [7, 11) is 0. The Morgan fingerprint density at radius 1 is 0.912 bits per heavy atom. The standard InChI is InChI=1S/C26H19N5O3/c1-15-9-8-14-18-21(15)27-26(34)23(18)29-31-25(33)20-19(16-10-4-2-5-11-16)22(28-30-24(20)32)17-12-6-3-7-13-17/h2-14,27,34H,1H3,(H,30,32). The average molecular weight is 449 g/mol. The molecule has 5 aromatic rings. The van der Waals surface area contributed by atoms with Crippen molar-refractivity contribution in [3.8, 4) is 28.3 Å². The number of hydrogen-bond acceptors (Lipinski definition) is 5. The molecule has 0 bridgehead atoms. The summed E-state index contributed by atoms with van der Waals surface area (Å²) < 4.78 is 0. The van der Waals surface area contributed by atoms with E-state index < -0.39 is 11.5 Å². The molecule has 0 aliphatic rings. The number of aromatic amines is 2. The minimum absolute atomic E-state index is 0.127. The maximum atomic E-state index is 13.3. The molecule has 3 aromatic carbocycles. The monoisotopic (exact) mass is 449 g/mol. The van der Waals surface area contributed by atoms with Crippen molar-refractivity contribution < 1.29 is 9.90 Å². The van der Waals surface area contributed by atoms with Crippen LogP contribution in [0.4, 0.5) is 5.69 Å². The van der Waals surface area contributed by atoms with Crippen molar-refractivity contribution in [1.29, 1.82) is 0 Å². The predicted octanol–water partition coefficient (Wildman–Crippen LogP) is 5.52. The summed E-state index contributed by atoms with van der Waals surface area (Å²) in [5.41, 5.74) is 3.04. The van der Waals surface area contributed by atoms with E-state index >= 15 is 0 Å². The number of aromatic nitrogens is 3. The molecule has 5 rings (SSSR count). The van der Waals surface area contributed by atoms with Gasteiger partial charge in [0.05, 0.1) is 11.2 Å². The van der Waals surface area contributed by atoms with Gasteiger partial charge in [0.2, 0.25) is 5.88 Å². The molecule has 8 nitrogen and oxygen atoms in total. The van der Waals surface area contributed by atoms with Gasteiger partial charge in [0.15, 0.2) is 5.69 Å². The highest BCUT2D eigenvalue weighted by Crippen LogP contribution is 2.37. The van der Waals surface area contributed by atoms with Crippen molar-refractivity contribution in [3.05, 3.63) is 100 Å². The number of fused-ring (bicyclic) bond motifs is 1. The molecule has 166 valence electrons.